The van der Waals surface area contributed by atoms with Gasteiger partial charge in [0, 0.05) is 12.6 Å². The molecule has 0 aromatic heterocycles. The summed E-state index contributed by atoms with van der Waals surface area (Å²) in [4.78, 5) is 10.2. The third-order valence-electron chi connectivity index (χ3n) is 4.18. The van der Waals surface area contributed by atoms with Gasteiger partial charge in [-0.2, -0.15) is 0 Å². The van der Waals surface area contributed by atoms with E-state index in [2.05, 4.69) is 12.2 Å². The van der Waals surface area contributed by atoms with Crippen molar-refractivity contribution in [3.63, 3.8) is 0 Å². The van der Waals surface area contributed by atoms with Gasteiger partial charge in [0.1, 0.15) is 0 Å². The van der Waals surface area contributed by atoms with Crippen LogP contribution in [0.2, 0.25) is 0 Å². The Morgan fingerprint density at radius 2 is 2.05 bits per heavy atom. The van der Waals surface area contributed by atoms with Crippen LogP contribution in [0.4, 0.5) is 15.8 Å². The van der Waals surface area contributed by atoms with E-state index in [-0.39, 0.29) is 17.1 Å². The first-order valence-electron chi connectivity index (χ1n) is 7.27. The fraction of sp³-hybridized carbons (Fsp3) is 0.600. The molecule has 5 nitrogen and oxygen atoms in total. The number of nitro groups is 1. The summed E-state index contributed by atoms with van der Waals surface area (Å²) in [6.07, 6.45) is 4.69. The summed E-state index contributed by atoms with van der Waals surface area (Å²) in [6, 6.07) is 2.27. The molecule has 0 amide bonds. The molecule has 2 rings (SSSR count). The number of hydrogen-bond acceptors (Lipinski definition) is 4. The van der Waals surface area contributed by atoms with Crippen molar-refractivity contribution >= 4 is 11.4 Å². The molecule has 0 radical (unpaired) electrons. The van der Waals surface area contributed by atoms with Crippen molar-refractivity contribution in [2.24, 2.45) is 11.8 Å². The van der Waals surface area contributed by atoms with Gasteiger partial charge in [-0.15, -0.1) is 0 Å². The molecule has 0 heterocycles. The molecule has 1 aromatic rings. The maximum atomic E-state index is 13.9. The van der Waals surface area contributed by atoms with Crippen LogP contribution in [0.25, 0.3) is 0 Å². The maximum Gasteiger partial charge on any atom is 0.313 e. The number of nitro benzene ring substituents is 1. The first-order chi connectivity index (χ1) is 10.0. The third kappa shape index (κ3) is 3.83. The number of anilines is 1. The number of rotatable bonds is 5. The van der Waals surface area contributed by atoms with Crippen molar-refractivity contribution in [1.82, 2.24) is 0 Å². The van der Waals surface area contributed by atoms with Crippen molar-refractivity contribution < 1.29 is 14.1 Å². The number of nitrogens with zero attached hydrogens (tertiary/aromatic N) is 1. The van der Waals surface area contributed by atoms with Crippen molar-refractivity contribution in [3.05, 3.63) is 28.1 Å². The van der Waals surface area contributed by atoms with E-state index in [9.17, 15) is 14.5 Å². The van der Waals surface area contributed by atoms with Gasteiger partial charge in [-0.25, -0.2) is 4.39 Å². The van der Waals surface area contributed by atoms with Crippen LogP contribution in [0.1, 0.15) is 32.6 Å². The van der Waals surface area contributed by atoms with Crippen molar-refractivity contribution in [1.29, 1.82) is 0 Å². The number of ether oxygens (including phenoxy) is 1. The first kappa shape index (κ1) is 15.5. The summed E-state index contributed by atoms with van der Waals surface area (Å²) < 4.78 is 18.9. The summed E-state index contributed by atoms with van der Waals surface area (Å²) in [6.45, 7) is 2.94. The minimum Gasteiger partial charge on any atom is -0.490 e. The molecule has 0 aliphatic heterocycles. The fourth-order valence-electron chi connectivity index (χ4n) is 2.77. The van der Waals surface area contributed by atoms with Crippen molar-refractivity contribution in [2.75, 3.05) is 19.0 Å². The van der Waals surface area contributed by atoms with Gasteiger partial charge in [0.2, 0.25) is 0 Å². The van der Waals surface area contributed by atoms with Crippen LogP contribution in [0.5, 0.6) is 5.75 Å². The second kappa shape index (κ2) is 6.74. The Labute approximate surface area is 123 Å². The van der Waals surface area contributed by atoms with E-state index < -0.39 is 10.7 Å². The summed E-state index contributed by atoms with van der Waals surface area (Å²) in [5.74, 6) is 0.757. The van der Waals surface area contributed by atoms with Crippen molar-refractivity contribution in [2.45, 2.75) is 32.6 Å². The Hall–Kier alpha value is -1.85. The van der Waals surface area contributed by atoms with E-state index in [0.29, 0.717) is 12.5 Å². The zero-order valence-corrected chi connectivity index (χ0v) is 12.4. The molecule has 0 bridgehead atoms. The smallest absolute Gasteiger partial charge is 0.313 e. The highest BCUT2D eigenvalue weighted by Crippen LogP contribution is 2.33. The summed E-state index contributed by atoms with van der Waals surface area (Å²) in [7, 11) is 1.34. The Bertz CT molecular complexity index is 514. The molecule has 0 unspecified atom stereocenters. The van der Waals surface area contributed by atoms with Gasteiger partial charge >= 0.3 is 5.69 Å². The maximum absolute atomic E-state index is 13.9. The second-order valence-electron chi connectivity index (χ2n) is 5.77. The Kier molecular flexibility index (Phi) is 4.98. The first-order valence-corrected chi connectivity index (χ1v) is 7.27. The Morgan fingerprint density at radius 3 is 2.62 bits per heavy atom. The van der Waals surface area contributed by atoms with Gasteiger partial charge in [-0.1, -0.05) is 19.8 Å². The largest absolute Gasteiger partial charge is 0.490 e. The number of halogens is 1. The molecule has 0 atom stereocenters. The van der Waals surface area contributed by atoms with Gasteiger partial charge in [0.25, 0.3) is 0 Å². The topological polar surface area (TPSA) is 64.4 Å². The highest BCUT2D eigenvalue weighted by Gasteiger charge is 2.21. The van der Waals surface area contributed by atoms with Gasteiger partial charge in [0.15, 0.2) is 11.6 Å². The molecule has 116 valence electrons. The molecular formula is C15H21FN2O3. The lowest BCUT2D eigenvalue weighted by atomic mass is 9.83. The van der Waals surface area contributed by atoms with Gasteiger partial charge in [-0.3, -0.25) is 10.1 Å². The van der Waals surface area contributed by atoms with Gasteiger partial charge in [0.05, 0.1) is 23.8 Å². The average Bonchev–Trinajstić information content (AvgIpc) is 2.47. The third-order valence-corrected chi connectivity index (χ3v) is 4.18. The predicted molar refractivity (Wildman–Crippen MR) is 79.2 cm³/mol. The molecule has 1 N–H and O–H groups in total. The molecule has 1 aromatic carbocycles. The number of benzene rings is 1. The Morgan fingerprint density at radius 1 is 1.38 bits per heavy atom. The second-order valence-corrected chi connectivity index (χ2v) is 5.77. The summed E-state index contributed by atoms with van der Waals surface area (Å²) >= 11 is 0. The lowest BCUT2D eigenvalue weighted by Crippen LogP contribution is -2.20. The molecule has 6 heteroatoms. The number of hydrogen-bond donors (Lipinski definition) is 1. The van der Waals surface area contributed by atoms with E-state index in [1.54, 1.807) is 0 Å². The molecule has 1 aliphatic carbocycles. The van der Waals surface area contributed by atoms with Crippen LogP contribution in [0, 0.1) is 27.8 Å². The van der Waals surface area contributed by atoms with Crippen LogP contribution in [-0.2, 0) is 0 Å². The summed E-state index contributed by atoms with van der Waals surface area (Å²) in [5, 5.41) is 13.9. The highest BCUT2D eigenvalue weighted by molar-refractivity contribution is 5.59. The van der Waals surface area contributed by atoms with Crippen molar-refractivity contribution in [3.8, 4) is 5.75 Å². The lowest BCUT2D eigenvalue weighted by Gasteiger charge is -2.26. The highest BCUT2D eigenvalue weighted by atomic mass is 19.1. The van der Waals surface area contributed by atoms with Crippen LogP contribution in [-0.4, -0.2) is 18.6 Å². The zero-order valence-electron chi connectivity index (χ0n) is 12.4. The normalized spacial score (nSPS) is 21.9. The monoisotopic (exact) mass is 296 g/mol. The molecule has 1 saturated carbocycles. The standard InChI is InChI=1S/C15H21FN2O3/c1-10-3-5-11(6-4-10)9-17-13-8-15(21-2)14(18(19)20)7-12(13)16/h7-8,10-11,17H,3-6,9H2,1-2H3. The minimum atomic E-state index is -0.645. The van der Waals surface area contributed by atoms with Crippen LogP contribution in [0.3, 0.4) is 0 Å². The predicted octanol–water partition coefficient (Wildman–Crippen LogP) is 3.98. The van der Waals surface area contributed by atoms with Crippen LogP contribution >= 0.6 is 0 Å². The van der Waals surface area contributed by atoms with Gasteiger partial charge < -0.3 is 10.1 Å². The van der Waals surface area contributed by atoms with E-state index in [1.165, 1.54) is 26.0 Å². The Balaban J connectivity index is 2.04. The summed E-state index contributed by atoms with van der Waals surface area (Å²) in [5.41, 5.74) is -0.0943. The lowest BCUT2D eigenvalue weighted by molar-refractivity contribution is -0.385. The average molecular weight is 296 g/mol. The molecule has 0 saturated heterocycles. The van der Waals surface area contributed by atoms with Crippen LogP contribution < -0.4 is 10.1 Å². The molecule has 1 aliphatic rings. The van der Waals surface area contributed by atoms with E-state index in [4.69, 9.17) is 4.74 Å². The van der Waals surface area contributed by atoms with E-state index in [0.717, 1.165) is 24.8 Å². The van der Waals surface area contributed by atoms with Gasteiger partial charge in [-0.05, 0) is 24.7 Å². The minimum absolute atomic E-state index is 0.0705. The zero-order chi connectivity index (χ0) is 15.4. The molecule has 1 fully saturated rings. The molecular weight excluding hydrogens is 275 g/mol. The fourth-order valence-corrected chi connectivity index (χ4v) is 2.77. The van der Waals surface area contributed by atoms with E-state index in [1.807, 2.05) is 0 Å². The quantitative estimate of drug-likeness (QED) is 0.659. The number of nitrogens with one attached hydrogen (secondary N) is 1. The molecule has 21 heavy (non-hydrogen) atoms. The molecule has 0 spiro atoms. The SMILES string of the molecule is COc1cc(NCC2CCC(C)CC2)c(F)cc1[N+](=O)[O-]. The van der Waals surface area contributed by atoms with E-state index >= 15 is 0 Å². The number of methoxy groups -OCH3 is 1. The van der Waals surface area contributed by atoms with Crippen LogP contribution in [0.15, 0.2) is 12.1 Å².